The maximum absolute atomic E-state index is 11.9. The highest BCUT2D eigenvalue weighted by atomic mass is 32.2. The van der Waals surface area contributed by atoms with Gasteiger partial charge in [0.15, 0.2) is 8.68 Å². The second-order valence-electron chi connectivity index (χ2n) is 4.85. The summed E-state index contributed by atoms with van der Waals surface area (Å²) in [5.41, 5.74) is 0. The summed E-state index contributed by atoms with van der Waals surface area (Å²) in [6.45, 7) is 2.28. The third kappa shape index (κ3) is 4.96. The third-order valence-corrected chi connectivity index (χ3v) is 6.30. The highest BCUT2D eigenvalue weighted by molar-refractivity contribution is 8.03. The third-order valence-electron chi connectivity index (χ3n) is 3.27. The average molecular weight is 318 g/mol. The zero-order chi connectivity index (χ0) is 13.7. The molecule has 1 N–H and O–H groups in total. The summed E-state index contributed by atoms with van der Waals surface area (Å²) in [5.74, 6) is 1.37. The summed E-state index contributed by atoms with van der Waals surface area (Å²) in [4.78, 5) is 11.9. The zero-order valence-electron chi connectivity index (χ0n) is 11.2. The molecule has 1 fully saturated rings. The molecule has 1 aromatic rings. The fourth-order valence-electron chi connectivity index (χ4n) is 2.14. The monoisotopic (exact) mass is 317 g/mol. The SMILES string of the molecule is CSc1nnc(SCC(=O)NC2CCC(C)CC2)s1. The number of aromatic nitrogens is 2. The van der Waals surface area contributed by atoms with Crippen LogP contribution in [0.1, 0.15) is 32.6 Å². The predicted molar refractivity (Wildman–Crippen MR) is 82.0 cm³/mol. The molecule has 4 nitrogen and oxygen atoms in total. The lowest BCUT2D eigenvalue weighted by Crippen LogP contribution is -2.38. The van der Waals surface area contributed by atoms with E-state index in [0.717, 1.165) is 27.4 Å². The molecule has 0 atom stereocenters. The highest BCUT2D eigenvalue weighted by Gasteiger charge is 2.19. The van der Waals surface area contributed by atoms with Crippen molar-refractivity contribution in [2.24, 2.45) is 5.92 Å². The van der Waals surface area contributed by atoms with Crippen molar-refractivity contribution in [2.75, 3.05) is 12.0 Å². The number of hydrogen-bond acceptors (Lipinski definition) is 6. The fraction of sp³-hybridized carbons (Fsp3) is 0.750. The van der Waals surface area contributed by atoms with Gasteiger partial charge in [-0.25, -0.2) is 0 Å². The van der Waals surface area contributed by atoms with Gasteiger partial charge in [0.2, 0.25) is 5.91 Å². The smallest absolute Gasteiger partial charge is 0.230 e. The van der Waals surface area contributed by atoms with E-state index in [1.54, 1.807) is 23.1 Å². The molecule has 1 amide bonds. The summed E-state index contributed by atoms with van der Waals surface area (Å²) in [6.07, 6.45) is 6.67. The number of rotatable bonds is 5. The molecule has 19 heavy (non-hydrogen) atoms. The van der Waals surface area contributed by atoms with Gasteiger partial charge < -0.3 is 5.32 Å². The van der Waals surface area contributed by atoms with Crippen LogP contribution >= 0.6 is 34.9 Å². The number of hydrogen-bond donors (Lipinski definition) is 1. The molecule has 1 aliphatic rings. The van der Waals surface area contributed by atoms with Crippen LogP contribution in [0, 0.1) is 5.92 Å². The Balaban J connectivity index is 1.69. The number of nitrogens with one attached hydrogen (secondary N) is 1. The summed E-state index contributed by atoms with van der Waals surface area (Å²) < 4.78 is 1.82. The summed E-state index contributed by atoms with van der Waals surface area (Å²) in [7, 11) is 0. The predicted octanol–water partition coefficient (Wildman–Crippen LogP) is 3.05. The van der Waals surface area contributed by atoms with Crippen LogP contribution in [0.4, 0.5) is 0 Å². The molecule has 0 spiro atoms. The second kappa shape index (κ2) is 7.50. The van der Waals surface area contributed by atoms with Gasteiger partial charge in [0.25, 0.3) is 0 Å². The Kier molecular flexibility index (Phi) is 5.97. The number of amides is 1. The molecule has 1 saturated carbocycles. The molecule has 0 bridgehead atoms. The molecule has 7 heteroatoms. The Morgan fingerprint density at radius 1 is 1.32 bits per heavy atom. The van der Waals surface area contributed by atoms with Crippen molar-refractivity contribution >= 4 is 40.8 Å². The van der Waals surface area contributed by atoms with E-state index in [9.17, 15) is 4.79 Å². The molecule has 0 unspecified atom stereocenters. The summed E-state index contributed by atoms with van der Waals surface area (Å²) in [6, 6.07) is 0.375. The number of nitrogens with zero attached hydrogens (tertiary/aromatic N) is 2. The highest BCUT2D eigenvalue weighted by Crippen LogP contribution is 2.27. The van der Waals surface area contributed by atoms with Crippen molar-refractivity contribution in [3.63, 3.8) is 0 Å². The van der Waals surface area contributed by atoms with Gasteiger partial charge in [-0.3, -0.25) is 4.79 Å². The van der Waals surface area contributed by atoms with Crippen LogP contribution < -0.4 is 5.32 Å². The van der Waals surface area contributed by atoms with Gasteiger partial charge in [-0.1, -0.05) is 41.8 Å². The second-order valence-corrected chi connectivity index (χ2v) is 8.10. The van der Waals surface area contributed by atoms with E-state index in [2.05, 4.69) is 22.4 Å². The lowest BCUT2D eigenvalue weighted by molar-refractivity contribution is -0.119. The van der Waals surface area contributed by atoms with E-state index in [1.807, 2.05) is 6.26 Å². The maximum Gasteiger partial charge on any atom is 0.230 e. The van der Waals surface area contributed by atoms with Crippen LogP contribution in [-0.4, -0.2) is 34.2 Å². The van der Waals surface area contributed by atoms with Crippen molar-refractivity contribution in [3.05, 3.63) is 0 Å². The van der Waals surface area contributed by atoms with E-state index < -0.39 is 0 Å². The van der Waals surface area contributed by atoms with E-state index >= 15 is 0 Å². The Bertz CT molecular complexity index is 416. The normalized spacial score (nSPS) is 23.3. The van der Waals surface area contributed by atoms with Crippen LogP contribution in [0.3, 0.4) is 0 Å². The first kappa shape index (κ1) is 15.1. The Labute approximate surface area is 126 Å². The van der Waals surface area contributed by atoms with Gasteiger partial charge in [-0.2, -0.15) is 0 Å². The number of thioether (sulfide) groups is 2. The van der Waals surface area contributed by atoms with Crippen LogP contribution in [0.2, 0.25) is 0 Å². The van der Waals surface area contributed by atoms with Crippen LogP contribution in [-0.2, 0) is 4.79 Å². The van der Waals surface area contributed by atoms with Gasteiger partial charge in [0.1, 0.15) is 0 Å². The van der Waals surface area contributed by atoms with Crippen molar-refractivity contribution < 1.29 is 4.79 Å². The van der Waals surface area contributed by atoms with Crippen LogP contribution in [0.15, 0.2) is 8.68 Å². The first-order valence-electron chi connectivity index (χ1n) is 6.47. The maximum atomic E-state index is 11.9. The minimum atomic E-state index is 0.116. The minimum Gasteiger partial charge on any atom is -0.353 e. The van der Waals surface area contributed by atoms with Crippen molar-refractivity contribution in [2.45, 2.75) is 47.3 Å². The molecular formula is C12H19N3OS3. The Morgan fingerprint density at radius 3 is 2.63 bits per heavy atom. The van der Waals surface area contributed by atoms with Crippen molar-refractivity contribution in [1.29, 1.82) is 0 Å². The van der Waals surface area contributed by atoms with Crippen LogP contribution in [0.25, 0.3) is 0 Å². The van der Waals surface area contributed by atoms with Crippen LogP contribution in [0.5, 0.6) is 0 Å². The molecule has 106 valence electrons. The van der Waals surface area contributed by atoms with Gasteiger partial charge in [0, 0.05) is 6.04 Å². The quantitative estimate of drug-likeness (QED) is 0.846. The largest absolute Gasteiger partial charge is 0.353 e. The summed E-state index contributed by atoms with van der Waals surface area (Å²) >= 11 is 4.60. The van der Waals surface area contributed by atoms with Gasteiger partial charge in [-0.15, -0.1) is 10.2 Å². The lowest BCUT2D eigenvalue weighted by atomic mass is 9.87. The van der Waals surface area contributed by atoms with E-state index in [4.69, 9.17) is 0 Å². The van der Waals surface area contributed by atoms with Gasteiger partial charge in [0.05, 0.1) is 5.75 Å². The van der Waals surface area contributed by atoms with E-state index in [1.165, 1.54) is 24.6 Å². The average Bonchev–Trinajstić information content (AvgIpc) is 2.87. The molecule has 0 aliphatic heterocycles. The first-order valence-corrected chi connectivity index (χ1v) is 9.49. The van der Waals surface area contributed by atoms with Gasteiger partial charge in [-0.05, 0) is 37.9 Å². The fourth-order valence-corrected chi connectivity index (χ4v) is 4.39. The molecule has 0 aromatic carbocycles. The Morgan fingerprint density at radius 2 is 2.00 bits per heavy atom. The standard InChI is InChI=1S/C12H19N3OS3/c1-8-3-5-9(6-4-8)13-10(16)7-18-12-15-14-11(17-2)19-12/h8-9H,3-7H2,1-2H3,(H,13,16). The molecule has 1 aromatic heterocycles. The molecule has 0 radical (unpaired) electrons. The van der Waals surface area contributed by atoms with E-state index in [-0.39, 0.29) is 5.91 Å². The molecule has 2 rings (SSSR count). The summed E-state index contributed by atoms with van der Waals surface area (Å²) in [5, 5.41) is 11.2. The molecule has 1 heterocycles. The van der Waals surface area contributed by atoms with E-state index in [0.29, 0.717) is 11.8 Å². The molecular weight excluding hydrogens is 298 g/mol. The van der Waals surface area contributed by atoms with Crippen molar-refractivity contribution in [1.82, 2.24) is 15.5 Å². The molecule has 1 aliphatic carbocycles. The Hall–Kier alpha value is -0.270. The topological polar surface area (TPSA) is 54.9 Å². The molecule has 0 saturated heterocycles. The first-order chi connectivity index (χ1) is 9.17. The van der Waals surface area contributed by atoms with Gasteiger partial charge >= 0.3 is 0 Å². The minimum absolute atomic E-state index is 0.116. The lowest BCUT2D eigenvalue weighted by Gasteiger charge is -2.26. The number of carbonyl (C=O) groups is 1. The zero-order valence-corrected chi connectivity index (χ0v) is 13.7. The number of carbonyl (C=O) groups excluding carboxylic acids is 1. The van der Waals surface area contributed by atoms with Crippen molar-refractivity contribution in [3.8, 4) is 0 Å².